The van der Waals surface area contributed by atoms with Crippen molar-refractivity contribution >= 4 is 0 Å². The maximum Gasteiger partial charge on any atom is 0.0787 e. The van der Waals surface area contributed by atoms with Crippen LogP contribution in [-0.2, 0) is 0 Å². The molecule has 1 fully saturated rings. The van der Waals surface area contributed by atoms with Gasteiger partial charge in [0.2, 0.25) is 0 Å². The molecule has 3 N–H and O–H groups in total. The lowest BCUT2D eigenvalue weighted by atomic mass is 9.80. The fourth-order valence-electron chi connectivity index (χ4n) is 1.21. The van der Waals surface area contributed by atoms with Crippen LogP contribution >= 0.6 is 0 Å². The van der Waals surface area contributed by atoms with Gasteiger partial charge in [0.05, 0.1) is 5.60 Å². The lowest BCUT2D eigenvalue weighted by molar-refractivity contribution is -0.0544. The highest BCUT2D eigenvalue weighted by molar-refractivity contribution is 4.88. The Labute approximate surface area is 55.4 Å². The van der Waals surface area contributed by atoms with Crippen molar-refractivity contribution < 1.29 is 5.11 Å². The number of hydrazine groups is 1. The van der Waals surface area contributed by atoms with Gasteiger partial charge in [-0.15, -0.1) is 0 Å². The summed E-state index contributed by atoms with van der Waals surface area (Å²) in [5, 5.41) is 11.0. The zero-order chi connectivity index (χ0) is 6.91. The van der Waals surface area contributed by atoms with E-state index in [0.29, 0.717) is 6.54 Å². The number of hydrogen-bond donors (Lipinski definition) is 2. The Bertz CT molecular complexity index is 99.2. The summed E-state index contributed by atoms with van der Waals surface area (Å²) >= 11 is 0. The van der Waals surface area contributed by atoms with Crippen molar-refractivity contribution in [2.24, 2.45) is 5.84 Å². The molecule has 1 rings (SSSR count). The van der Waals surface area contributed by atoms with Crippen molar-refractivity contribution in [3.63, 3.8) is 0 Å². The number of aliphatic hydroxyl groups is 1. The summed E-state index contributed by atoms with van der Waals surface area (Å²) < 4.78 is 0. The third kappa shape index (κ3) is 1.64. The first-order chi connectivity index (χ1) is 4.12. The summed E-state index contributed by atoms with van der Waals surface area (Å²) in [6.45, 7) is 0.604. The van der Waals surface area contributed by atoms with E-state index in [-0.39, 0.29) is 0 Å². The summed E-state index contributed by atoms with van der Waals surface area (Å²) in [5.41, 5.74) is -0.455. The van der Waals surface area contributed by atoms with E-state index >= 15 is 0 Å². The molecule has 3 heteroatoms. The zero-order valence-corrected chi connectivity index (χ0v) is 5.80. The lowest BCUT2D eigenvalue weighted by Crippen LogP contribution is -2.48. The van der Waals surface area contributed by atoms with Crippen LogP contribution in [0, 0.1) is 0 Å². The van der Waals surface area contributed by atoms with Gasteiger partial charge in [-0.3, -0.25) is 5.84 Å². The van der Waals surface area contributed by atoms with Crippen molar-refractivity contribution in [1.29, 1.82) is 0 Å². The van der Waals surface area contributed by atoms with Crippen molar-refractivity contribution in [2.45, 2.75) is 24.9 Å². The predicted molar refractivity (Wildman–Crippen MR) is 35.6 cm³/mol. The van der Waals surface area contributed by atoms with Crippen LogP contribution in [0.15, 0.2) is 0 Å². The topological polar surface area (TPSA) is 49.5 Å². The quantitative estimate of drug-likeness (QED) is 0.399. The van der Waals surface area contributed by atoms with Crippen molar-refractivity contribution in [3.8, 4) is 0 Å². The van der Waals surface area contributed by atoms with E-state index in [1.807, 2.05) is 0 Å². The molecule has 0 spiro atoms. The van der Waals surface area contributed by atoms with Crippen LogP contribution in [0.1, 0.15) is 19.3 Å². The molecule has 0 saturated heterocycles. The minimum Gasteiger partial charge on any atom is -0.388 e. The molecule has 0 atom stereocenters. The Morgan fingerprint density at radius 1 is 1.67 bits per heavy atom. The minimum atomic E-state index is -0.455. The summed E-state index contributed by atoms with van der Waals surface area (Å²) in [5.74, 6) is 5.36. The minimum absolute atomic E-state index is 0.455. The molecule has 0 aromatic carbocycles. The van der Waals surface area contributed by atoms with Gasteiger partial charge in [0.25, 0.3) is 0 Å². The number of likely N-dealkylation sites (N-methyl/N-ethyl adjacent to an activating group) is 1. The monoisotopic (exact) mass is 130 g/mol. The average molecular weight is 130 g/mol. The van der Waals surface area contributed by atoms with E-state index in [0.717, 1.165) is 19.3 Å². The normalized spacial score (nSPS) is 24.0. The van der Waals surface area contributed by atoms with Crippen molar-refractivity contribution in [2.75, 3.05) is 13.6 Å². The van der Waals surface area contributed by atoms with Crippen LogP contribution in [0.2, 0.25) is 0 Å². The Morgan fingerprint density at radius 3 is 2.33 bits per heavy atom. The molecule has 0 bridgehead atoms. The maximum absolute atomic E-state index is 9.46. The van der Waals surface area contributed by atoms with Crippen LogP contribution < -0.4 is 5.84 Å². The molecule has 0 aromatic rings. The number of rotatable bonds is 2. The van der Waals surface area contributed by atoms with Gasteiger partial charge >= 0.3 is 0 Å². The average Bonchev–Trinajstić information content (AvgIpc) is 1.60. The van der Waals surface area contributed by atoms with Crippen molar-refractivity contribution in [3.05, 3.63) is 0 Å². The molecule has 3 nitrogen and oxygen atoms in total. The standard InChI is InChI=1S/C6H14N2O/c1-8(7)5-6(9)3-2-4-6/h9H,2-5,7H2,1H3. The summed E-state index contributed by atoms with van der Waals surface area (Å²) in [4.78, 5) is 0. The number of nitrogens with zero attached hydrogens (tertiary/aromatic N) is 1. The number of hydrogen-bond acceptors (Lipinski definition) is 3. The van der Waals surface area contributed by atoms with Gasteiger partial charge in [-0.2, -0.15) is 0 Å². The van der Waals surface area contributed by atoms with E-state index in [1.54, 1.807) is 12.1 Å². The molecule has 0 radical (unpaired) electrons. The molecule has 1 aliphatic rings. The Hall–Kier alpha value is -0.120. The highest BCUT2D eigenvalue weighted by atomic mass is 16.3. The predicted octanol–water partition coefficient (Wildman–Crippen LogP) is -0.293. The molecule has 1 saturated carbocycles. The van der Waals surface area contributed by atoms with E-state index in [9.17, 15) is 5.11 Å². The van der Waals surface area contributed by atoms with Gasteiger partial charge in [-0.25, -0.2) is 5.01 Å². The highest BCUT2D eigenvalue weighted by Crippen LogP contribution is 2.31. The summed E-state index contributed by atoms with van der Waals surface area (Å²) in [6, 6.07) is 0. The maximum atomic E-state index is 9.46. The second kappa shape index (κ2) is 2.25. The fourth-order valence-corrected chi connectivity index (χ4v) is 1.21. The largest absolute Gasteiger partial charge is 0.388 e. The Balaban J connectivity index is 2.24. The van der Waals surface area contributed by atoms with Gasteiger partial charge in [-0.05, 0) is 19.3 Å². The smallest absolute Gasteiger partial charge is 0.0787 e. The second-order valence-electron chi connectivity index (χ2n) is 2.99. The molecule has 0 amide bonds. The van der Waals surface area contributed by atoms with E-state index in [1.165, 1.54) is 0 Å². The summed E-state index contributed by atoms with van der Waals surface area (Å²) in [6.07, 6.45) is 2.97. The first-order valence-corrected chi connectivity index (χ1v) is 3.31. The van der Waals surface area contributed by atoms with Gasteiger partial charge in [0.15, 0.2) is 0 Å². The fraction of sp³-hybridized carbons (Fsp3) is 1.00. The highest BCUT2D eigenvalue weighted by Gasteiger charge is 2.34. The van der Waals surface area contributed by atoms with E-state index in [4.69, 9.17) is 5.84 Å². The molecule has 9 heavy (non-hydrogen) atoms. The van der Waals surface area contributed by atoms with Crippen LogP contribution in [0.25, 0.3) is 0 Å². The summed E-state index contributed by atoms with van der Waals surface area (Å²) in [7, 11) is 1.77. The van der Waals surface area contributed by atoms with Crippen LogP contribution in [-0.4, -0.2) is 29.3 Å². The Morgan fingerprint density at radius 2 is 2.22 bits per heavy atom. The Kier molecular flexibility index (Phi) is 1.75. The number of nitrogens with two attached hydrogens (primary N) is 1. The third-order valence-electron chi connectivity index (χ3n) is 1.83. The third-order valence-corrected chi connectivity index (χ3v) is 1.83. The molecular weight excluding hydrogens is 116 g/mol. The van der Waals surface area contributed by atoms with E-state index < -0.39 is 5.60 Å². The van der Waals surface area contributed by atoms with Crippen LogP contribution in [0.5, 0.6) is 0 Å². The molecular formula is C6H14N2O. The molecule has 1 aliphatic carbocycles. The van der Waals surface area contributed by atoms with Gasteiger partial charge < -0.3 is 5.11 Å². The second-order valence-corrected chi connectivity index (χ2v) is 2.99. The molecule has 0 aliphatic heterocycles. The van der Waals surface area contributed by atoms with E-state index in [2.05, 4.69) is 0 Å². The van der Waals surface area contributed by atoms with Crippen LogP contribution in [0.4, 0.5) is 0 Å². The van der Waals surface area contributed by atoms with Crippen LogP contribution in [0.3, 0.4) is 0 Å². The zero-order valence-electron chi connectivity index (χ0n) is 5.80. The lowest BCUT2D eigenvalue weighted by Gasteiger charge is -2.38. The van der Waals surface area contributed by atoms with Crippen molar-refractivity contribution in [1.82, 2.24) is 5.01 Å². The first kappa shape index (κ1) is 6.99. The SMILES string of the molecule is CN(N)CC1(O)CCC1. The van der Waals surface area contributed by atoms with Gasteiger partial charge in [0, 0.05) is 13.6 Å². The van der Waals surface area contributed by atoms with Gasteiger partial charge in [0.1, 0.15) is 0 Å². The molecule has 54 valence electrons. The molecule has 0 unspecified atom stereocenters. The molecule has 0 aromatic heterocycles. The molecule has 0 heterocycles. The van der Waals surface area contributed by atoms with Gasteiger partial charge in [-0.1, -0.05) is 0 Å². The first-order valence-electron chi connectivity index (χ1n) is 3.31.